The number of halogens is 2. The minimum Gasteiger partial charge on any atom is -0.481 e. The van der Waals surface area contributed by atoms with Crippen LogP contribution in [-0.2, 0) is 11.2 Å². The van der Waals surface area contributed by atoms with Gasteiger partial charge in [0, 0.05) is 0 Å². The summed E-state index contributed by atoms with van der Waals surface area (Å²) in [5, 5.41) is 9.27. The van der Waals surface area contributed by atoms with E-state index in [4.69, 9.17) is 28.3 Å². The molecule has 0 radical (unpaired) electrons. The fourth-order valence-electron chi connectivity index (χ4n) is 0.824. The molecule has 0 unspecified atom stereocenters. The van der Waals surface area contributed by atoms with Crippen molar-refractivity contribution in [3.8, 4) is 0 Å². The summed E-state index contributed by atoms with van der Waals surface area (Å²) in [6.45, 7) is 0. The molecular formula is C9H10Cl2O2. The molecule has 0 aliphatic heterocycles. The maximum Gasteiger partial charge on any atom is 0.307 e. The third kappa shape index (κ3) is 3.66. The van der Waals surface area contributed by atoms with Crippen LogP contribution in [0.5, 0.6) is 0 Å². The van der Waals surface area contributed by atoms with Gasteiger partial charge in [0.2, 0.25) is 0 Å². The Morgan fingerprint density at radius 1 is 1.31 bits per heavy atom. The molecule has 0 saturated heterocycles. The second kappa shape index (κ2) is 5.10. The summed E-state index contributed by atoms with van der Waals surface area (Å²) < 4.78 is 0. The first kappa shape index (κ1) is 12.3. The van der Waals surface area contributed by atoms with Gasteiger partial charge in [-0.2, -0.15) is 0 Å². The molecule has 1 N–H and O–H groups in total. The molecule has 0 aliphatic rings. The van der Waals surface area contributed by atoms with Gasteiger partial charge in [-0.25, -0.2) is 0 Å². The van der Waals surface area contributed by atoms with Crippen molar-refractivity contribution in [2.75, 3.05) is 0 Å². The molecule has 13 heavy (non-hydrogen) atoms. The van der Waals surface area contributed by atoms with Crippen molar-refractivity contribution >= 4 is 29.2 Å². The number of rotatable bonds is 2. The first-order valence-electron chi connectivity index (χ1n) is 3.25. The molecular weight excluding hydrogens is 211 g/mol. The molecule has 1 aromatic carbocycles. The average molecular weight is 221 g/mol. The lowest BCUT2D eigenvalue weighted by Crippen LogP contribution is -1.99. The topological polar surface area (TPSA) is 37.3 Å². The number of benzene rings is 1. The summed E-state index contributed by atoms with van der Waals surface area (Å²) in [5.74, 6) is -0.881. The lowest BCUT2D eigenvalue weighted by Gasteiger charge is -1.98. The summed E-state index contributed by atoms with van der Waals surface area (Å²) in [7, 11) is 0. The molecule has 0 heterocycles. The monoisotopic (exact) mass is 220 g/mol. The SMILES string of the molecule is C.O=C(O)Cc1ccc(Cl)c(Cl)c1. The van der Waals surface area contributed by atoms with Gasteiger partial charge in [-0.15, -0.1) is 0 Å². The van der Waals surface area contributed by atoms with Crippen LogP contribution in [0.2, 0.25) is 10.0 Å². The highest BCUT2D eigenvalue weighted by Gasteiger charge is 2.02. The Bertz CT molecular complexity index is 310. The minimum absolute atomic E-state index is 0. The molecule has 0 aromatic heterocycles. The Hall–Kier alpha value is -0.730. The zero-order valence-electron chi connectivity index (χ0n) is 6.05. The van der Waals surface area contributed by atoms with Gasteiger partial charge in [0.15, 0.2) is 0 Å². The third-order valence-electron chi connectivity index (χ3n) is 1.34. The van der Waals surface area contributed by atoms with Crippen LogP contribution in [0.3, 0.4) is 0 Å². The maximum atomic E-state index is 10.3. The predicted molar refractivity (Wildman–Crippen MR) is 54.5 cm³/mol. The van der Waals surface area contributed by atoms with Crippen LogP contribution in [0.15, 0.2) is 18.2 Å². The molecule has 1 aromatic rings. The van der Waals surface area contributed by atoms with E-state index in [1.807, 2.05) is 0 Å². The number of carboxylic acid groups (broad SMARTS) is 1. The van der Waals surface area contributed by atoms with Crippen LogP contribution in [0.25, 0.3) is 0 Å². The Balaban J connectivity index is 0.00000144. The lowest BCUT2D eigenvalue weighted by atomic mass is 10.1. The van der Waals surface area contributed by atoms with Crippen LogP contribution in [0, 0.1) is 0 Å². The van der Waals surface area contributed by atoms with Gasteiger partial charge in [-0.1, -0.05) is 36.7 Å². The number of hydrogen-bond donors (Lipinski definition) is 1. The second-order valence-electron chi connectivity index (χ2n) is 2.32. The van der Waals surface area contributed by atoms with E-state index < -0.39 is 5.97 Å². The molecule has 0 saturated carbocycles. The normalized spacial score (nSPS) is 9.08. The van der Waals surface area contributed by atoms with Crippen molar-refractivity contribution in [1.29, 1.82) is 0 Å². The number of carboxylic acids is 1. The fraction of sp³-hybridized carbons (Fsp3) is 0.222. The van der Waals surface area contributed by atoms with Crippen molar-refractivity contribution in [1.82, 2.24) is 0 Å². The van der Waals surface area contributed by atoms with Gasteiger partial charge < -0.3 is 5.11 Å². The summed E-state index contributed by atoms with van der Waals surface area (Å²) in [4.78, 5) is 10.3. The van der Waals surface area contributed by atoms with Crippen LogP contribution >= 0.6 is 23.2 Å². The summed E-state index contributed by atoms with van der Waals surface area (Å²) in [5.41, 5.74) is 0.650. The Morgan fingerprint density at radius 2 is 1.92 bits per heavy atom. The smallest absolute Gasteiger partial charge is 0.307 e. The van der Waals surface area contributed by atoms with Gasteiger partial charge in [-0.05, 0) is 17.7 Å². The summed E-state index contributed by atoms with van der Waals surface area (Å²) in [6.07, 6.45) is -0.0309. The van der Waals surface area contributed by atoms with Crippen LogP contribution < -0.4 is 0 Å². The van der Waals surface area contributed by atoms with E-state index in [-0.39, 0.29) is 13.8 Å². The van der Waals surface area contributed by atoms with E-state index in [2.05, 4.69) is 0 Å². The quantitative estimate of drug-likeness (QED) is 0.832. The van der Waals surface area contributed by atoms with Crippen LogP contribution in [0.1, 0.15) is 13.0 Å². The number of carbonyl (C=O) groups is 1. The van der Waals surface area contributed by atoms with Gasteiger partial charge in [0.1, 0.15) is 0 Å². The molecule has 2 nitrogen and oxygen atoms in total. The van der Waals surface area contributed by atoms with Gasteiger partial charge in [-0.3, -0.25) is 4.79 Å². The molecule has 0 fully saturated rings. The molecule has 0 aliphatic carbocycles. The molecule has 0 bridgehead atoms. The largest absolute Gasteiger partial charge is 0.481 e. The standard InChI is InChI=1S/C8H6Cl2O2.CH4/c9-6-2-1-5(3-7(6)10)4-8(11)12;/h1-3H,4H2,(H,11,12);1H4. The highest BCUT2D eigenvalue weighted by Crippen LogP contribution is 2.22. The van der Waals surface area contributed by atoms with Gasteiger partial charge in [0.25, 0.3) is 0 Å². The van der Waals surface area contributed by atoms with Gasteiger partial charge in [0.05, 0.1) is 16.5 Å². The number of hydrogen-bond acceptors (Lipinski definition) is 1. The van der Waals surface area contributed by atoms with Crippen molar-refractivity contribution in [3.05, 3.63) is 33.8 Å². The summed E-state index contributed by atoms with van der Waals surface area (Å²) >= 11 is 11.3. The van der Waals surface area contributed by atoms with Crippen molar-refractivity contribution in [2.45, 2.75) is 13.8 Å². The van der Waals surface area contributed by atoms with E-state index in [1.54, 1.807) is 18.2 Å². The molecule has 0 amide bonds. The van der Waals surface area contributed by atoms with Crippen LogP contribution in [-0.4, -0.2) is 11.1 Å². The summed E-state index contributed by atoms with van der Waals surface area (Å²) in [6, 6.07) is 4.78. The zero-order chi connectivity index (χ0) is 9.14. The fourth-order valence-corrected chi connectivity index (χ4v) is 1.14. The Labute approximate surface area is 87.1 Å². The van der Waals surface area contributed by atoms with E-state index in [0.29, 0.717) is 15.6 Å². The molecule has 0 spiro atoms. The van der Waals surface area contributed by atoms with Crippen molar-refractivity contribution in [2.24, 2.45) is 0 Å². The number of aliphatic carboxylic acids is 1. The molecule has 0 atom stereocenters. The maximum absolute atomic E-state index is 10.3. The van der Waals surface area contributed by atoms with E-state index in [0.717, 1.165) is 0 Å². The Morgan fingerprint density at radius 3 is 2.38 bits per heavy atom. The minimum atomic E-state index is -0.881. The molecule has 4 heteroatoms. The highest BCUT2D eigenvalue weighted by atomic mass is 35.5. The van der Waals surface area contributed by atoms with Crippen molar-refractivity contribution < 1.29 is 9.90 Å². The van der Waals surface area contributed by atoms with E-state index in [9.17, 15) is 4.79 Å². The first-order valence-corrected chi connectivity index (χ1v) is 4.01. The second-order valence-corrected chi connectivity index (χ2v) is 3.13. The molecule has 72 valence electrons. The Kier molecular flexibility index (Phi) is 4.81. The predicted octanol–water partition coefficient (Wildman–Crippen LogP) is 3.26. The van der Waals surface area contributed by atoms with E-state index in [1.165, 1.54) is 0 Å². The average Bonchev–Trinajstić information content (AvgIpc) is 1.96. The molecule has 1 rings (SSSR count). The first-order chi connectivity index (χ1) is 5.59. The van der Waals surface area contributed by atoms with Crippen LogP contribution in [0.4, 0.5) is 0 Å². The van der Waals surface area contributed by atoms with E-state index >= 15 is 0 Å². The van der Waals surface area contributed by atoms with Gasteiger partial charge >= 0.3 is 5.97 Å². The third-order valence-corrected chi connectivity index (χ3v) is 2.08. The zero-order valence-corrected chi connectivity index (χ0v) is 7.56. The lowest BCUT2D eigenvalue weighted by molar-refractivity contribution is -0.136. The highest BCUT2D eigenvalue weighted by molar-refractivity contribution is 6.42. The van der Waals surface area contributed by atoms with Crippen molar-refractivity contribution in [3.63, 3.8) is 0 Å².